The lowest BCUT2D eigenvalue weighted by Crippen LogP contribution is -2.80. The minimum atomic E-state index is 0.0132. The maximum atomic E-state index is 5.80. The highest BCUT2D eigenvalue weighted by molar-refractivity contribution is 5.85. The largest absolute Gasteiger partial charge is 0.493 e. The van der Waals surface area contributed by atoms with Crippen molar-refractivity contribution in [2.24, 2.45) is 5.92 Å². The van der Waals surface area contributed by atoms with E-state index in [1.54, 1.807) is 0 Å². The topological polar surface area (TPSA) is 67.4 Å². The van der Waals surface area contributed by atoms with E-state index in [0.717, 1.165) is 49.7 Å². The molecule has 182 valence electrons. The maximum Gasteiger partial charge on any atom is 0.326 e. The van der Waals surface area contributed by atoms with Gasteiger partial charge in [-0.05, 0) is 65.8 Å². The van der Waals surface area contributed by atoms with E-state index in [2.05, 4.69) is 84.8 Å². The molecule has 0 amide bonds. The zero-order chi connectivity index (χ0) is 24.5. The van der Waals surface area contributed by atoms with Crippen LogP contribution in [0.2, 0.25) is 0 Å². The second-order valence-electron chi connectivity index (χ2n) is 9.98. The van der Waals surface area contributed by atoms with Gasteiger partial charge in [-0.15, -0.1) is 0 Å². The number of aromatic amines is 1. The number of nitrogens with two attached hydrogens (primary N) is 1. The van der Waals surface area contributed by atoms with Crippen LogP contribution in [0.5, 0.6) is 5.75 Å². The molecule has 36 heavy (non-hydrogen) atoms. The SMILES string of the molecule is CCCc1c(C([NH2+]c2nccc(C3=CC=CC(C)C3)n2)c2ccc3c(c2)CCO3)[nH]c2ccccc12. The van der Waals surface area contributed by atoms with Gasteiger partial charge in [0.15, 0.2) is 6.04 Å². The molecule has 5 nitrogen and oxygen atoms in total. The first-order valence-corrected chi connectivity index (χ1v) is 13.1. The number of hydrogen-bond acceptors (Lipinski definition) is 3. The van der Waals surface area contributed by atoms with Gasteiger partial charge in [0.05, 0.1) is 18.0 Å². The normalized spacial score (nSPS) is 17.6. The minimum absolute atomic E-state index is 0.0132. The van der Waals surface area contributed by atoms with Crippen molar-refractivity contribution in [3.05, 3.63) is 101 Å². The summed E-state index contributed by atoms with van der Waals surface area (Å²) in [6, 6.07) is 17.3. The van der Waals surface area contributed by atoms with Crippen LogP contribution in [0.3, 0.4) is 0 Å². The van der Waals surface area contributed by atoms with E-state index >= 15 is 0 Å². The minimum Gasteiger partial charge on any atom is -0.493 e. The number of nitrogens with zero attached hydrogens (tertiary/aromatic N) is 2. The molecule has 2 aliphatic rings. The van der Waals surface area contributed by atoms with E-state index in [0.29, 0.717) is 5.92 Å². The fourth-order valence-electron chi connectivity index (χ4n) is 5.57. The molecule has 2 unspecified atom stereocenters. The summed E-state index contributed by atoms with van der Waals surface area (Å²) in [5.74, 6) is 2.29. The number of allylic oxidation sites excluding steroid dienone is 4. The van der Waals surface area contributed by atoms with E-state index < -0.39 is 0 Å². The summed E-state index contributed by atoms with van der Waals surface area (Å²) in [4.78, 5) is 13.5. The van der Waals surface area contributed by atoms with E-state index in [1.165, 1.54) is 38.9 Å². The van der Waals surface area contributed by atoms with Gasteiger partial charge in [-0.3, -0.25) is 5.32 Å². The number of nitrogens with one attached hydrogen (secondary N) is 1. The molecular weight excluding hydrogens is 444 g/mol. The number of rotatable bonds is 7. The Balaban J connectivity index is 1.44. The third-order valence-corrected chi connectivity index (χ3v) is 7.33. The van der Waals surface area contributed by atoms with Gasteiger partial charge in [0.25, 0.3) is 0 Å². The number of H-pyrrole nitrogens is 1. The molecule has 3 N–H and O–H groups in total. The van der Waals surface area contributed by atoms with E-state index in [4.69, 9.17) is 14.7 Å². The lowest BCUT2D eigenvalue weighted by Gasteiger charge is -2.18. The molecule has 6 rings (SSSR count). The Morgan fingerprint density at radius 1 is 1.17 bits per heavy atom. The van der Waals surface area contributed by atoms with E-state index in [1.807, 2.05) is 12.3 Å². The fraction of sp³-hybridized carbons (Fsp3) is 0.290. The lowest BCUT2D eigenvalue weighted by molar-refractivity contribution is -0.615. The number of para-hydroxylation sites is 1. The highest BCUT2D eigenvalue weighted by Crippen LogP contribution is 2.33. The van der Waals surface area contributed by atoms with Crippen molar-refractivity contribution in [2.75, 3.05) is 6.61 Å². The highest BCUT2D eigenvalue weighted by Gasteiger charge is 2.28. The van der Waals surface area contributed by atoms with E-state index in [-0.39, 0.29) is 6.04 Å². The van der Waals surface area contributed by atoms with Crippen molar-refractivity contribution >= 4 is 22.4 Å². The van der Waals surface area contributed by atoms with Crippen molar-refractivity contribution in [1.29, 1.82) is 0 Å². The molecule has 0 spiro atoms. The fourth-order valence-corrected chi connectivity index (χ4v) is 5.57. The maximum absolute atomic E-state index is 5.80. The first-order valence-electron chi connectivity index (χ1n) is 13.1. The van der Waals surface area contributed by atoms with Crippen molar-refractivity contribution in [2.45, 2.75) is 45.6 Å². The standard InChI is InChI=1S/C31H32N4O/c1-3-7-25-24-10-4-5-11-27(24)33-30(25)29(23-12-13-28-22(19-23)15-17-36-28)35-31-32-16-14-26(34-31)21-9-6-8-20(2)18-21/h4-6,8-14,16,19-20,29,33H,3,7,15,17-18H2,1-2H3,(H,32,34,35)/p+1. The Bertz CT molecular complexity index is 1460. The van der Waals surface area contributed by atoms with Gasteiger partial charge in [0, 0.05) is 29.1 Å². The molecule has 3 heterocycles. The Morgan fingerprint density at radius 2 is 2.08 bits per heavy atom. The quantitative estimate of drug-likeness (QED) is 0.353. The van der Waals surface area contributed by atoms with E-state index in [9.17, 15) is 0 Å². The smallest absolute Gasteiger partial charge is 0.326 e. The molecule has 5 heteroatoms. The number of fused-ring (bicyclic) bond motifs is 2. The summed E-state index contributed by atoms with van der Waals surface area (Å²) in [5.41, 5.74) is 8.61. The summed E-state index contributed by atoms with van der Waals surface area (Å²) in [7, 11) is 0. The van der Waals surface area contributed by atoms with Crippen molar-refractivity contribution in [3.8, 4) is 5.75 Å². The average molecular weight is 478 g/mol. The number of hydrogen-bond donors (Lipinski definition) is 2. The third kappa shape index (κ3) is 4.35. The molecule has 0 fully saturated rings. The molecule has 2 aromatic carbocycles. The van der Waals surface area contributed by atoms with Crippen molar-refractivity contribution in [1.82, 2.24) is 15.0 Å². The molecule has 0 saturated heterocycles. The van der Waals surface area contributed by atoms with Crippen LogP contribution in [-0.2, 0) is 12.8 Å². The summed E-state index contributed by atoms with van der Waals surface area (Å²) in [5, 5.41) is 3.54. The zero-order valence-electron chi connectivity index (χ0n) is 21.0. The van der Waals surface area contributed by atoms with Gasteiger partial charge in [0.1, 0.15) is 5.75 Å². The Kier molecular flexibility index (Phi) is 6.16. The molecule has 0 saturated carbocycles. The van der Waals surface area contributed by atoms with Crippen LogP contribution in [-0.4, -0.2) is 21.6 Å². The van der Waals surface area contributed by atoms with Crippen LogP contribution < -0.4 is 10.1 Å². The van der Waals surface area contributed by atoms with Gasteiger partial charge in [-0.25, -0.2) is 0 Å². The monoisotopic (exact) mass is 477 g/mol. The second kappa shape index (κ2) is 9.75. The predicted octanol–water partition coefficient (Wildman–Crippen LogP) is 5.81. The highest BCUT2D eigenvalue weighted by atomic mass is 16.5. The van der Waals surface area contributed by atoms with Crippen LogP contribution in [0.1, 0.15) is 60.8 Å². The van der Waals surface area contributed by atoms with Crippen LogP contribution in [0, 0.1) is 5.92 Å². The van der Waals surface area contributed by atoms with Crippen LogP contribution in [0.4, 0.5) is 5.95 Å². The first kappa shape index (κ1) is 22.7. The summed E-state index contributed by atoms with van der Waals surface area (Å²) < 4.78 is 5.80. The number of ether oxygens (including phenoxy) is 1. The molecular formula is C31H33N4O+. The Hall–Kier alpha value is -3.70. The third-order valence-electron chi connectivity index (χ3n) is 7.33. The summed E-state index contributed by atoms with van der Waals surface area (Å²) >= 11 is 0. The number of aromatic nitrogens is 3. The predicted molar refractivity (Wildman–Crippen MR) is 144 cm³/mol. The number of quaternary nitrogens is 1. The zero-order valence-corrected chi connectivity index (χ0v) is 21.0. The van der Waals surface area contributed by atoms with Crippen molar-refractivity contribution < 1.29 is 10.1 Å². The average Bonchev–Trinajstić information content (AvgIpc) is 3.52. The number of benzene rings is 2. The Labute approximate surface area is 212 Å². The van der Waals surface area contributed by atoms with Gasteiger partial charge >= 0.3 is 5.95 Å². The summed E-state index contributed by atoms with van der Waals surface area (Å²) in [6.07, 6.45) is 12.5. The second-order valence-corrected chi connectivity index (χ2v) is 9.98. The summed E-state index contributed by atoms with van der Waals surface area (Å²) in [6.45, 7) is 5.25. The first-order chi connectivity index (χ1) is 17.7. The van der Waals surface area contributed by atoms with Crippen molar-refractivity contribution in [3.63, 3.8) is 0 Å². The lowest BCUT2D eigenvalue weighted by atomic mass is 9.94. The number of aryl methyl sites for hydroxylation is 1. The molecule has 2 aromatic heterocycles. The molecule has 0 radical (unpaired) electrons. The van der Waals surface area contributed by atoms with Crippen LogP contribution in [0.25, 0.3) is 16.5 Å². The molecule has 1 aliphatic heterocycles. The molecule has 4 aromatic rings. The van der Waals surface area contributed by atoms with Gasteiger partial charge in [-0.1, -0.05) is 56.7 Å². The molecule has 1 aliphatic carbocycles. The molecule has 0 bridgehead atoms. The van der Waals surface area contributed by atoms with Crippen LogP contribution >= 0.6 is 0 Å². The van der Waals surface area contributed by atoms with Gasteiger partial charge in [0.2, 0.25) is 0 Å². The van der Waals surface area contributed by atoms with Gasteiger partial charge < -0.3 is 9.72 Å². The molecule has 2 atom stereocenters. The van der Waals surface area contributed by atoms with Crippen LogP contribution in [0.15, 0.2) is 73.0 Å². The Morgan fingerprint density at radius 3 is 2.97 bits per heavy atom. The van der Waals surface area contributed by atoms with Gasteiger partial charge in [-0.2, -0.15) is 9.97 Å².